The Morgan fingerprint density at radius 2 is 1.57 bits per heavy atom. The summed E-state index contributed by atoms with van der Waals surface area (Å²) in [5, 5.41) is 15.1. The van der Waals surface area contributed by atoms with Gasteiger partial charge in [0.15, 0.2) is 5.11 Å². The number of hydrogen-bond acceptors (Lipinski definition) is 6. The van der Waals surface area contributed by atoms with Crippen LogP contribution in [0.25, 0.3) is 0 Å². The van der Waals surface area contributed by atoms with Gasteiger partial charge >= 0.3 is 0 Å². The molecule has 1 N–H and O–H groups in total. The Morgan fingerprint density at radius 3 is 2.23 bits per heavy atom. The van der Waals surface area contributed by atoms with E-state index in [0.717, 1.165) is 32.6 Å². The standard InChI is InChI=1S/C30H24N6O2S2/c37-36(38)23-11-15-25(16-12-23)40-24-13-9-22(10-14-24)35-29(28(33-30(35)39)26-7-2-4-18-32-26)27-8-5-19-34(27)20-21-6-1-3-17-31-21/h1-19,28-29H,20H2,(H,33,39)/t28-,29-/m1/s1. The number of aromatic nitrogens is 3. The van der Waals surface area contributed by atoms with Crippen molar-refractivity contribution in [2.24, 2.45) is 0 Å². The van der Waals surface area contributed by atoms with Crippen molar-refractivity contribution in [2.75, 3.05) is 4.90 Å². The fraction of sp³-hybridized carbons (Fsp3) is 0.100. The summed E-state index contributed by atoms with van der Waals surface area (Å²) in [5.41, 5.74) is 4.02. The molecule has 1 fully saturated rings. The molecule has 3 aromatic heterocycles. The van der Waals surface area contributed by atoms with Crippen LogP contribution in [0, 0.1) is 10.1 Å². The van der Waals surface area contributed by atoms with Gasteiger partial charge in [0.2, 0.25) is 0 Å². The van der Waals surface area contributed by atoms with Gasteiger partial charge in [-0.3, -0.25) is 20.1 Å². The van der Waals surface area contributed by atoms with Crippen molar-refractivity contribution in [2.45, 2.75) is 28.4 Å². The van der Waals surface area contributed by atoms with E-state index in [1.807, 2.05) is 54.7 Å². The monoisotopic (exact) mass is 564 g/mol. The number of thiocarbonyl (C=S) groups is 1. The number of nitro benzene ring substituents is 1. The first-order valence-corrected chi connectivity index (χ1v) is 13.9. The Labute approximate surface area is 240 Å². The Morgan fingerprint density at radius 1 is 0.875 bits per heavy atom. The summed E-state index contributed by atoms with van der Waals surface area (Å²) in [6.45, 7) is 0.639. The lowest BCUT2D eigenvalue weighted by Crippen LogP contribution is -2.30. The van der Waals surface area contributed by atoms with E-state index in [1.54, 1.807) is 30.1 Å². The van der Waals surface area contributed by atoms with E-state index >= 15 is 0 Å². The summed E-state index contributed by atoms with van der Waals surface area (Å²) in [7, 11) is 0. The first kappa shape index (κ1) is 25.7. The number of nitro groups is 1. The number of anilines is 1. The molecule has 0 unspecified atom stereocenters. The minimum Gasteiger partial charge on any atom is -0.351 e. The van der Waals surface area contributed by atoms with Crippen molar-refractivity contribution in [1.82, 2.24) is 19.9 Å². The van der Waals surface area contributed by atoms with Crippen LogP contribution in [0.1, 0.15) is 29.2 Å². The molecular weight excluding hydrogens is 541 g/mol. The smallest absolute Gasteiger partial charge is 0.269 e. The quantitative estimate of drug-likeness (QED) is 0.129. The van der Waals surface area contributed by atoms with E-state index in [0.29, 0.717) is 11.7 Å². The molecule has 2 atom stereocenters. The Balaban J connectivity index is 1.32. The highest BCUT2D eigenvalue weighted by Crippen LogP contribution is 2.42. The molecule has 1 saturated heterocycles. The lowest BCUT2D eigenvalue weighted by molar-refractivity contribution is -0.384. The molecule has 40 heavy (non-hydrogen) atoms. The molecule has 10 heteroatoms. The lowest BCUT2D eigenvalue weighted by atomic mass is 10.0. The van der Waals surface area contributed by atoms with Crippen molar-refractivity contribution >= 4 is 40.5 Å². The number of benzene rings is 2. The Hall–Kier alpha value is -4.54. The van der Waals surface area contributed by atoms with Gasteiger partial charge in [-0.1, -0.05) is 23.9 Å². The van der Waals surface area contributed by atoms with E-state index in [4.69, 9.17) is 12.2 Å². The van der Waals surface area contributed by atoms with E-state index in [-0.39, 0.29) is 17.8 Å². The average molecular weight is 565 g/mol. The summed E-state index contributed by atoms with van der Waals surface area (Å²) in [5.74, 6) is 0. The van der Waals surface area contributed by atoms with E-state index in [2.05, 4.69) is 55.2 Å². The molecule has 1 aliphatic rings. The molecule has 0 radical (unpaired) electrons. The zero-order valence-corrected chi connectivity index (χ0v) is 22.8. The highest BCUT2D eigenvalue weighted by atomic mass is 32.2. The highest BCUT2D eigenvalue weighted by Gasteiger charge is 2.42. The van der Waals surface area contributed by atoms with Crippen LogP contribution >= 0.6 is 24.0 Å². The van der Waals surface area contributed by atoms with Gasteiger partial charge in [-0.05, 0) is 85.0 Å². The molecule has 0 spiro atoms. The van der Waals surface area contributed by atoms with Gasteiger partial charge in [0.1, 0.15) is 6.04 Å². The van der Waals surface area contributed by atoms with E-state index in [1.165, 1.54) is 12.1 Å². The lowest BCUT2D eigenvalue weighted by Gasteiger charge is -2.29. The van der Waals surface area contributed by atoms with Crippen LogP contribution in [0.4, 0.5) is 11.4 Å². The zero-order chi connectivity index (χ0) is 27.5. The first-order valence-electron chi connectivity index (χ1n) is 12.6. The number of hydrogen-bond donors (Lipinski definition) is 1. The molecule has 0 saturated carbocycles. The Bertz CT molecular complexity index is 1630. The fourth-order valence-corrected chi connectivity index (χ4v) is 6.05. The second kappa shape index (κ2) is 11.3. The second-order valence-electron chi connectivity index (χ2n) is 9.23. The largest absolute Gasteiger partial charge is 0.351 e. The second-order valence-corrected chi connectivity index (χ2v) is 10.8. The summed E-state index contributed by atoms with van der Waals surface area (Å²) in [6, 6.07) is 30.5. The molecule has 198 valence electrons. The number of pyridine rings is 2. The minimum atomic E-state index is -0.391. The van der Waals surface area contributed by atoms with Gasteiger partial charge in [-0.2, -0.15) is 0 Å². The SMILES string of the molecule is O=[N+]([O-])c1ccc(Sc2ccc(N3C(=S)N[C@H](c4ccccn4)[C@H]3c3cccn3Cc3ccccn3)cc2)cc1. The molecule has 2 aromatic carbocycles. The minimum absolute atomic E-state index is 0.0797. The van der Waals surface area contributed by atoms with Crippen molar-refractivity contribution in [3.63, 3.8) is 0 Å². The van der Waals surface area contributed by atoms with Gasteiger partial charge < -0.3 is 14.8 Å². The summed E-state index contributed by atoms with van der Waals surface area (Å²) < 4.78 is 2.21. The van der Waals surface area contributed by atoms with Gasteiger partial charge in [-0.25, -0.2) is 0 Å². The summed E-state index contributed by atoms with van der Waals surface area (Å²) in [4.78, 5) is 23.9. The molecule has 0 aliphatic carbocycles. The van der Waals surface area contributed by atoms with Crippen LogP contribution < -0.4 is 10.2 Å². The van der Waals surface area contributed by atoms with E-state index < -0.39 is 4.92 Å². The third-order valence-electron chi connectivity index (χ3n) is 6.72. The van der Waals surface area contributed by atoms with Gasteiger partial charge in [0.25, 0.3) is 5.69 Å². The maximum atomic E-state index is 11.0. The molecule has 6 rings (SSSR count). The molecule has 1 aliphatic heterocycles. The molecular formula is C30H24N6O2S2. The van der Waals surface area contributed by atoms with Gasteiger partial charge in [0, 0.05) is 51.9 Å². The van der Waals surface area contributed by atoms with Gasteiger partial charge in [-0.15, -0.1) is 0 Å². The fourth-order valence-electron chi connectivity index (χ4n) is 4.89. The van der Waals surface area contributed by atoms with Crippen molar-refractivity contribution in [1.29, 1.82) is 0 Å². The first-order chi connectivity index (χ1) is 19.6. The van der Waals surface area contributed by atoms with Gasteiger partial charge in [0.05, 0.1) is 28.9 Å². The number of rotatable bonds is 8. The Kier molecular flexibility index (Phi) is 7.26. The van der Waals surface area contributed by atoms with Crippen LogP contribution in [0.5, 0.6) is 0 Å². The normalized spacial score (nSPS) is 16.6. The molecule has 8 nitrogen and oxygen atoms in total. The maximum Gasteiger partial charge on any atom is 0.269 e. The zero-order valence-electron chi connectivity index (χ0n) is 21.2. The number of non-ortho nitro benzene ring substituents is 1. The molecule has 4 heterocycles. The highest BCUT2D eigenvalue weighted by molar-refractivity contribution is 7.99. The number of nitrogens with zero attached hydrogens (tertiary/aromatic N) is 5. The van der Waals surface area contributed by atoms with Crippen LogP contribution in [0.15, 0.2) is 125 Å². The third kappa shape index (κ3) is 5.31. The predicted octanol–water partition coefficient (Wildman–Crippen LogP) is 6.56. The van der Waals surface area contributed by atoms with Crippen LogP contribution in [0.2, 0.25) is 0 Å². The van der Waals surface area contributed by atoms with Crippen LogP contribution in [0.3, 0.4) is 0 Å². The summed E-state index contributed by atoms with van der Waals surface area (Å²) >= 11 is 7.45. The maximum absolute atomic E-state index is 11.0. The van der Waals surface area contributed by atoms with E-state index in [9.17, 15) is 10.1 Å². The molecule has 5 aromatic rings. The predicted molar refractivity (Wildman–Crippen MR) is 159 cm³/mol. The van der Waals surface area contributed by atoms with Crippen molar-refractivity contribution in [3.05, 3.63) is 143 Å². The van der Waals surface area contributed by atoms with Crippen LogP contribution in [-0.2, 0) is 6.54 Å². The third-order valence-corrected chi connectivity index (χ3v) is 8.05. The topological polar surface area (TPSA) is 89.1 Å². The van der Waals surface area contributed by atoms with Crippen molar-refractivity contribution in [3.8, 4) is 0 Å². The molecule has 0 bridgehead atoms. The van der Waals surface area contributed by atoms with Crippen molar-refractivity contribution < 1.29 is 4.92 Å². The number of nitrogens with one attached hydrogen (secondary N) is 1. The summed E-state index contributed by atoms with van der Waals surface area (Å²) in [6.07, 6.45) is 5.68. The van der Waals surface area contributed by atoms with Crippen LogP contribution in [-0.4, -0.2) is 24.6 Å². The average Bonchev–Trinajstić information content (AvgIpc) is 3.58. The molecule has 0 amide bonds.